The minimum atomic E-state index is -7.90. The molecule has 0 aliphatic heterocycles. The molecule has 1 aromatic rings. The number of nitro groups is 1. The zero-order valence-corrected chi connectivity index (χ0v) is 18.9. The number of hydrogen-bond acceptors (Lipinski definition) is 7. The molecule has 0 saturated heterocycles. The van der Waals surface area contributed by atoms with Gasteiger partial charge in [0.1, 0.15) is 0 Å². The summed E-state index contributed by atoms with van der Waals surface area (Å²) >= 11 is 0. The lowest BCUT2D eigenvalue weighted by molar-refractivity contribution is -0.414. The van der Waals surface area contributed by atoms with Crippen LogP contribution in [0.4, 0.5) is 71.5 Å². The zero-order chi connectivity index (χ0) is 31.9. The number of rotatable bonds is 12. The molecule has 1 aromatic carbocycles. The molecule has 0 aliphatic carbocycles. The van der Waals surface area contributed by atoms with E-state index in [-0.39, 0.29) is 18.2 Å². The van der Waals surface area contributed by atoms with Crippen molar-refractivity contribution >= 4 is 21.5 Å². The largest absolute Gasteiger partial charge is 0.501 e. The number of alkyl halides is 15. The van der Waals surface area contributed by atoms with Crippen LogP contribution in [-0.2, 0) is 19.4 Å². The molecule has 0 amide bonds. The van der Waals surface area contributed by atoms with Gasteiger partial charge in [-0.15, -0.1) is 0 Å². The Kier molecular flexibility index (Phi) is 9.27. The average molecular weight is 643 g/mol. The molecule has 0 heterocycles. The van der Waals surface area contributed by atoms with Crippen LogP contribution in [-0.4, -0.2) is 74.1 Å². The molecule has 0 N–H and O–H groups in total. The standard InChI is InChI=1S/C16H8F15NO7S/c17-10(18)12(21,22)14(25,26)15(27,28)13(23,24)11(19,20)5-39-9(33)4-38-8-2-1-6(3-7(8)32(34)35)40(36,37)16(29,30)31/h1-3,10H,4-5H2. The SMILES string of the molecule is O=C(COc1ccc(S(=O)(=O)C(F)(F)F)cc1[N+](=O)[O-])OCC(F)(F)C(F)(F)C(F)(F)C(F)(F)C(F)(F)C(F)F. The lowest BCUT2D eigenvalue weighted by Gasteiger charge is -2.38. The number of benzene rings is 1. The summed E-state index contributed by atoms with van der Waals surface area (Å²) in [6.45, 7) is -5.22. The Balaban J connectivity index is 3.11. The van der Waals surface area contributed by atoms with Crippen LogP contribution >= 0.6 is 0 Å². The van der Waals surface area contributed by atoms with Gasteiger partial charge < -0.3 is 9.47 Å². The first-order chi connectivity index (χ1) is 17.6. The Morgan fingerprint density at radius 2 is 1.38 bits per heavy atom. The van der Waals surface area contributed by atoms with E-state index in [1.54, 1.807) is 0 Å². The molecule has 0 spiro atoms. The Bertz CT molecular complexity index is 1230. The summed E-state index contributed by atoms with van der Waals surface area (Å²) < 4.78 is 225. The molecule has 0 unspecified atom stereocenters. The van der Waals surface area contributed by atoms with Crippen LogP contribution in [0.2, 0.25) is 0 Å². The summed E-state index contributed by atoms with van der Waals surface area (Å²) in [5.74, 6) is -40.9. The third kappa shape index (κ3) is 5.94. The number of sulfone groups is 1. The summed E-state index contributed by atoms with van der Waals surface area (Å²) in [5, 5.41) is 11.0. The van der Waals surface area contributed by atoms with E-state index < -0.39 is 91.8 Å². The maximum absolute atomic E-state index is 13.6. The molecule has 0 atom stereocenters. The fourth-order valence-electron chi connectivity index (χ4n) is 2.28. The van der Waals surface area contributed by atoms with Crippen molar-refractivity contribution in [2.24, 2.45) is 0 Å². The second kappa shape index (κ2) is 10.6. The highest BCUT2D eigenvalue weighted by Crippen LogP contribution is 2.58. The van der Waals surface area contributed by atoms with Gasteiger partial charge in [0, 0.05) is 6.07 Å². The second-order valence-corrected chi connectivity index (χ2v) is 9.08. The number of nitro benzene ring substituents is 1. The molecule has 0 saturated carbocycles. The van der Waals surface area contributed by atoms with E-state index in [9.17, 15) is 89.2 Å². The summed E-state index contributed by atoms with van der Waals surface area (Å²) in [5.41, 5.74) is -7.56. The quantitative estimate of drug-likeness (QED) is 0.132. The minimum Gasteiger partial charge on any atom is -0.475 e. The van der Waals surface area contributed by atoms with Crippen molar-refractivity contribution in [2.45, 2.75) is 46.4 Å². The normalized spacial score (nSPS) is 14.3. The molecule has 0 aliphatic rings. The Labute approximate surface area is 209 Å². The fraction of sp³-hybridized carbons (Fsp3) is 0.562. The predicted octanol–water partition coefficient (Wildman–Crippen LogP) is 5.25. The topological polar surface area (TPSA) is 113 Å². The van der Waals surface area contributed by atoms with E-state index >= 15 is 0 Å². The lowest BCUT2D eigenvalue weighted by Crippen LogP contribution is -2.69. The number of esters is 1. The van der Waals surface area contributed by atoms with Gasteiger partial charge in [-0.2, -0.15) is 57.1 Å². The fourth-order valence-corrected chi connectivity index (χ4v) is 3.06. The number of halogens is 15. The Hall–Kier alpha value is -3.21. The third-order valence-corrected chi connectivity index (χ3v) is 5.93. The van der Waals surface area contributed by atoms with Gasteiger partial charge in [0.25, 0.3) is 9.84 Å². The number of carbonyl (C=O) groups is 1. The molecule has 0 bridgehead atoms. The Morgan fingerprint density at radius 3 is 1.80 bits per heavy atom. The van der Waals surface area contributed by atoms with Crippen molar-refractivity contribution < 1.29 is 93.5 Å². The van der Waals surface area contributed by atoms with E-state index in [0.717, 1.165) is 0 Å². The van der Waals surface area contributed by atoms with Crippen molar-refractivity contribution in [2.75, 3.05) is 13.2 Å². The smallest absolute Gasteiger partial charge is 0.475 e. The molecule has 0 radical (unpaired) electrons. The van der Waals surface area contributed by atoms with Crippen molar-refractivity contribution in [1.29, 1.82) is 0 Å². The van der Waals surface area contributed by atoms with Crippen LogP contribution in [0.5, 0.6) is 5.75 Å². The number of carbonyl (C=O) groups excluding carboxylic acids is 1. The summed E-state index contributed by atoms with van der Waals surface area (Å²) in [6.07, 6.45) is -5.74. The van der Waals surface area contributed by atoms with Gasteiger partial charge in [-0.1, -0.05) is 0 Å². The van der Waals surface area contributed by atoms with Gasteiger partial charge in [-0.3, -0.25) is 10.1 Å². The third-order valence-electron chi connectivity index (χ3n) is 4.44. The molecule has 40 heavy (non-hydrogen) atoms. The molecule has 24 heteroatoms. The highest BCUT2D eigenvalue weighted by atomic mass is 32.2. The highest BCUT2D eigenvalue weighted by molar-refractivity contribution is 7.92. The van der Waals surface area contributed by atoms with E-state index in [2.05, 4.69) is 9.47 Å². The van der Waals surface area contributed by atoms with Crippen LogP contribution in [0, 0.1) is 10.1 Å². The molecule has 0 fully saturated rings. The molecule has 1 rings (SSSR count). The molecular weight excluding hydrogens is 635 g/mol. The van der Waals surface area contributed by atoms with E-state index in [1.807, 2.05) is 0 Å². The van der Waals surface area contributed by atoms with E-state index in [0.29, 0.717) is 0 Å². The van der Waals surface area contributed by atoms with Crippen LogP contribution in [0.25, 0.3) is 0 Å². The first kappa shape index (κ1) is 34.8. The van der Waals surface area contributed by atoms with Crippen molar-refractivity contribution in [3.63, 3.8) is 0 Å². The van der Waals surface area contributed by atoms with Crippen molar-refractivity contribution in [3.8, 4) is 5.75 Å². The first-order valence-electron chi connectivity index (χ1n) is 9.15. The molecule has 230 valence electrons. The van der Waals surface area contributed by atoms with Crippen LogP contribution in [0.15, 0.2) is 23.1 Å². The van der Waals surface area contributed by atoms with Crippen LogP contribution in [0.3, 0.4) is 0 Å². The van der Waals surface area contributed by atoms with Gasteiger partial charge in [-0.25, -0.2) is 22.0 Å². The monoisotopic (exact) mass is 643 g/mol. The highest BCUT2D eigenvalue weighted by Gasteiger charge is 2.87. The van der Waals surface area contributed by atoms with Gasteiger partial charge in [-0.05, 0) is 12.1 Å². The number of hydrogen-bond donors (Lipinski definition) is 0. The molecular formula is C16H8F15NO7S. The van der Waals surface area contributed by atoms with E-state index in [4.69, 9.17) is 0 Å². The van der Waals surface area contributed by atoms with Gasteiger partial charge >= 0.3 is 53.2 Å². The van der Waals surface area contributed by atoms with Crippen LogP contribution < -0.4 is 4.74 Å². The summed E-state index contributed by atoms with van der Waals surface area (Å²) in [4.78, 5) is 19.1. The molecule has 0 aromatic heterocycles. The van der Waals surface area contributed by atoms with Gasteiger partial charge in [0.2, 0.25) is 0 Å². The second-order valence-electron chi connectivity index (χ2n) is 7.14. The van der Waals surface area contributed by atoms with Crippen LogP contribution in [0.1, 0.15) is 0 Å². The first-order valence-corrected chi connectivity index (χ1v) is 10.6. The minimum absolute atomic E-state index is 0.0443. The summed E-state index contributed by atoms with van der Waals surface area (Å²) in [6, 6.07) is -0.0725. The summed E-state index contributed by atoms with van der Waals surface area (Å²) in [7, 11) is -6.17. The average Bonchev–Trinajstić information content (AvgIpc) is 2.79. The van der Waals surface area contributed by atoms with Crippen molar-refractivity contribution in [1.82, 2.24) is 0 Å². The Morgan fingerprint density at radius 1 is 0.875 bits per heavy atom. The van der Waals surface area contributed by atoms with Crippen molar-refractivity contribution in [3.05, 3.63) is 28.3 Å². The van der Waals surface area contributed by atoms with E-state index in [1.165, 1.54) is 0 Å². The maximum atomic E-state index is 13.6. The number of ether oxygens (including phenoxy) is 2. The number of nitrogens with zero attached hydrogens (tertiary/aromatic N) is 1. The lowest BCUT2D eigenvalue weighted by atomic mass is 9.94. The molecule has 8 nitrogen and oxygen atoms in total. The van der Waals surface area contributed by atoms with Gasteiger partial charge in [0.05, 0.1) is 9.82 Å². The zero-order valence-electron chi connectivity index (χ0n) is 18.1. The maximum Gasteiger partial charge on any atom is 0.501 e. The predicted molar refractivity (Wildman–Crippen MR) is 93.5 cm³/mol. The van der Waals surface area contributed by atoms with Gasteiger partial charge in [0.15, 0.2) is 19.0 Å².